The third-order valence-corrected chi connectivity index (χ3v) is 3.76. The summed E-state index contributed by atoms with van der Waals surface area (Å²) in [5.74, 6) is -1.11. The molecule has 0 aliphatic carbocycles. The number of nitriles is 1. The Morgan fingerprint density at radius 1 is 1.52 bits per heavy atom. The van der Waals surface area contributed by atoms with E-state index in [1.807, 2.05) is 6.92 Å². The molecule has 1 aromatic carbocycles. The van der Waals surface area contributed by atoms with Gasteiger partial charge in [0.2, 0.25) is 0 Å². The second kappa shape index (κ2) is 6.70. The van der Waals surface area contributed by atoms with Gasteiger partial charge in [-0.05, 0) is 25.5 Å². The third-order valence-electron chi connectivity index (χ3n) is 3.76. The molecule has 1 saturated heterocycles. The van der Waals surface area contributed by atoms with E-state index in [1.54, 1.807) is 0 Å². The fourth-order valence-corrected chi connectivity index (χ4v) is 2.75. The van der Waals surface area contributed by atoms with Gasteiger partial charge < -0.3 is 10.4 Å². The number of nitrogens with zero attached hydrogens (tertiary/aromatic N) is 2. The van der Waals surface area contributed by atoms with E-state index >= 15 is 0 Å². The average Bonchev–Trinajstić information content (AvgIpc) is 2.48. The summed E-state index contributed by atoms with van der Waals surface area (Å²) in [7, 11) is 0. The lowest BCUT2D eigenvalue weighted by Crippen LogP contribution is -2.45. The summed E-state index contributed by atoms with van der Waals surface area (Å²) in [5.41, 5.74) is 1.63. The van der Waals surface area contributed by atoms with Crippen LogP contribution in [0.5, 0.6) is 5.75 Å². The Bertz CT molecular complexity index is 574. The van der Waals surface area contributed by atoms with Crippen molar-refractivity contribution < 1.29 is 9.50 Å². The molecule has 0 saturated carbocycles. The van der Waals surface area contributed by atoms with Crippen molar-refractivity contribution in [1.29, 1.82) is 5.26 Å². The molecule has 1 fully saturated rings. The maximum absolute atomic E-state index is 13.7. The minimum atomic E-state index is -0.689. The quantitative estimate of drug-likeness (QED) is 0.835. The van der Waals surface area contributed by atoms with Crippen LogP contribution in [0.2, 0.25) is 0 Å². The van der Waals surface area contributed by atoms with E-state index in [1.165, 1.54) is 6.07 Å². The molecule has 0 aromatic heterocycles. The lowest BCUT2D eigenvalue weighted by Gasteiger charge is -2.36. The zero-order valence-corrected chi connectivity index (χ0v) is 12.2. The number of piperazine rings is 1. The zero-order valence-electron chi connectivity index (χ0n) is 12.2. The van der Waals surface area contributed by atoms with E-state index < -0.39 is 11.6 Å². The molecule has 1 aromatic rings. The maximum Gasteiger partial charge on any atom is 0.165 e. The molecule has 0 unspecified atom stereocenters. The van der Waals surface area contributed by atoms with Crippen molar-refractivity contribution in [3.05, 3.63) is 41.2 Å². The number of aromatic hydroxyl groups is 1. The second-order valence-electron chi connectivity index (χ2n) is 5.43. The number of hydrogen-bond acceptors (Lipinski definition) is 4. The van der Waals surface area contributed by atoms with Crippen LogP contribution in [0.25, 0.3) is 0 Å². The predicted molar refractivity (Wildman–Crippen MR) is 79.4 cm³/mol. The van der Waals surface area contributed by atoms with Gasteiger partial charge in [-0.15, -0.1) is 6.58 Å². The van der Waals surface area contributed by atoms with Crippen LogP contribution in [-0.4, -0.2) is 36.2 Å². The molecule has 0 radical (unpaired) electrons. The normalized spacial score (nSPS) is 17.2. The zero-order chi connectivity index (χ0) is 15.4. The van der Waals surface area contributed by atoms with Crippen molar-refractivity contribution in [2.75, 3.05) is 26.2 Å². The summed E-state index contributed by atoms with van der Waals surface area (Å²) < 4.78 is 13.7. The Hall–Kier alpha value is -1.90. The SMILES string of the molecule is C=C(C)C[C@@H](c1c(C#N)ccc(F)c1O)N1CCNCC1. The van der Waals surface area contributed by atoms with Crippen molar-refractivity contribution in [3.63, 3.8) is 0 Å². The van der Waals surface area contributed by atoms with Gasteiger partial charge in [0.1, 0.15) is 0 Å². The summed E-state index contributed by atoms with van der Waals surface area (Å²) in [6.07, 6.45) is 0.589. The Balaban J connectivity index is 2.47. The highest BCUT2D eigenvalue weighted by Gasteiger charge is 2.28. The van der Waals surface area contributed by atoms with Gasteiger partial charge in [-0.25, -0.2) is 4.39 Å². The van der Waals surface area contributed by atoms with Crippen LogP contribution in [0.4, 0.5) is 4.39 Å². The first kappa shape index (κ1) is 15.5. The molecular formula is C16H20FN3O. The van der Waals surface area contributed by atoms with E-state index in [0.717, 1.165) is 37.8 Å². The molecule has 0 amide bonds. The van der Waals surface area contributed by atoms with Crippen LogP contribution in [0.3, 0.4) is 0 Å². The Morgan fingerprint density at radius 2 is 2.19 bits per heavy atom. The van der Waals surface area contributed by atoms with E-state index in [9.17, 15) is 14.8 Å². The molecule has 21 heavy (non-hydrogen) atoms. The molecule has 112 valence electrons. The highest BCUT2D eigenvalue weighted by molar-refractivity contribution is 5.49. The van der Waals surface area contributed by atoms with Crippen molar-refractivity contribution in [3.8, 4) is 11.8 Å². The van der Waals surface area contributed by atoms with Crippen LogP contribution in [-0.2, 0) is 0 Å². The number of benzene rings is 1. The average molecular weight is 289 g/mol. The molecule has 2 rings (SSSR count). The van der Waals surface area contributed by atoms with E-state index in [2.05, 4.69) is 22.9 Å². The highest BCUT2D eigenvalue weighted by atomic mass is 19.1. The number of phenols is 1. The van der Waals surface area contributed by atoms with Crippen LogP contribution in [0.1, 0.15) is 30.5 Å². The molecule has 0 bridgehead atoms. The van der Waals surface area contributed by atoms with E-state index in [0.29, 0.717) is 17.5 Å². The number of hydrogen-bond donors (Lipinski definition) is 2. The number of rotatable bonds is 4. The van der Waals surface area contributed by atoms with Crippen LogP contribution in [0.15, 0.2) is 24.3 Å². The summed E-state index contributed by atoms with van der Waals surface area (Å²) in [4.78, 5) is 2.17. The summed E-state index contributed by atoms with van der Waals surface area (Å²) in [5, 5.41) is 22.7. The fourth-order valence-electron chi connectivity index (χ4n) is 2.75. The Morgan fingerprint density at radius 3 is 2.76 bits per heavy atom. The van der Waals surface area contributed by atoms with Crippen LogP contribution >= 0.6 is 0 Å². The molecule has 1 atom stereocenters. The maximum atomic E-state index is 13.7. The third kappa shape index (κ3) is 3.41. The lowest BCUT2D eigenvalue weighted by atomic mass is 9.93. The first-order chi connectivity index (χ1) is 10.0. The molecule has 1 heterocycles. The molecule has 1 aliphatic rings. The summed E-state index contributed by atoms with van der Waals surface area (Å²) in [6.45, 7) is 9.08. The van der Waals surface area contributed by atoms with Crippen molar-refractivity contribution in [2.45, 2.75) is 19.4 Å². The largest absolute Gasteiger partial charge is 0.505 e. The van der Waals surface area contributed by atoms with Crippen molar-refractivity contribution in [2.24, 2.45) is 0 Å². The summed E-state index contributed by atoms with van der Waals surface area (Å²) in [6, 6.07) is 4.39. The van der Waals surface area contributed by atoms with E-state index in [4.69, 9.17) is 0 Å². The van der Waals surface area contributed by atoms with Crippen molar-refractivity contribution >= 4 is 0 Å². The van der Waals surface area contributed by atoms with Gasteiger partial charge in [0, 0.05) is 37.8 Å². The fraction of sp³-hybridized carbons (Fsp3) is 0.438. The number of phenolic OH excluding ortho intramolecular Hbond substituents is 1. The summed E-state index contributed by atoms with van der Waals surface area (Å²) >= 11 is 0. The van der Waals surface area contributed by atoms with Gasteiger partial charge in [0.25, 0.3) is 0 Å². The molecule has 5 heteroatoms. The first-order valence-corrected chi connectivity index (χ1v) is 7.05. The number of halogens is 1. The topological polar surface area (TPSA) is 59.3 Å². The number of nitrogens with one attached hydrogen (secondary N) is 1. The first-order valence-electron chi connectivity index (χ1n) is 7.05. The van der Waals surface area contributed by atoms with Crippen LogP contribution < -0.4 is 5.32 Å². The molecule has 2 N–H and O–H groups in total. The van der Waals surface area contributed by atoms with Gasteiger partial charge in [0.05, 0.1) is 11.6 Å². The van der Waals surface area contributed by atoms with E-state index in [-0.39, 0.29) is 6.04 Å². The second-order valence-corrected chi connectivity index (χ2v) is 5.43. The molecule has 4 nitrogen and oxygen atoms in total. The van der Waals surface area contributed by atoms with Gasteiger partial charge in [0.15, 0.2) is 11.6 Å². The van der Waals surface area contributed by atoms with Crippen LogP contribution in [0, 0.1) is 17.1 Å². The standard InChI is InChI=1S/C16H20FN3O/c1-11(2)9-14(20-7-5-19-6-8-20)15-12(10-18)3-4-13(17)16(15)21/h3-4,14,19,21H,1,5-9H2,2H3/t14-/m0/s1. The van der Waals surface area contributed by atoms with Gasteiger partial charge in [-0.2, -0.15) is 5.26 Å². The Kier molecular flexibility index (Phi) is 4.94. The predicted octanol–water partition coefficient (Wildman–Crippen LogP) is 2.32. The van der Waals surface area contributed by atoms with Crippen molar-refractivity contribution in [1.82, 2.24) is 10.2 Å². The monoisotopic (exact) mass is 289 g/mol. The van der Waals surface area contributed by atoms with Gasteiger partial charge in [-0.3, -0.25) is 4.90 Å². The smallest absolute Gasteiger partial charge is 0.165 e. The minimum absolute atomic E-state index is 0.227. The van der Waals surface area contributed by atoms with Gasteiger partial charge >= 0.3 is 0 Å². The minimum Gasteiger partial charge on any atom is -0.505 e. The van der Waals surface area contributed by atoms with Gasteiger partial charge in [-0.1, -0.05) is 5.57 Å². The molecule has 0 spiro atoms. The Labute approximate surface area is 124 Å². The lowest BCUT2D eigenvalue weighted by molar-refractivity contribution is 0.169. The molecule has 1 aliphatic heterocycles. The highest BCUT2D eigenvalue weighted by Crippen LogP contribution is 2.37. The molecular weight excluding hydrogens is 269 g/mol.